The molecule has 0 spiro atoms. The summed E-state index contributed by atoms with van der Waals surface area (Å²) in [6, 6.07) is 24.2. The summed E-state index contributed by atoms with van der Waals surface area (Å²) < 4.78 is 10.7. The van der Waals surface area contributed by atoms with Gasteiger partial charge in [-0.15, -0.1) is 0 Å². The molecule has 1 aliphatic rings. The van der Waals surface area contributed by atoms with E-state index in [1.807, 2.05) is 59.5 Å². The van der Waals surface area contributed by atoms with E-state index in [0.717, 1.165) is 28.9 Å². The van der Waals surface area contributed by atoms with E-state index >= 15 is 0 Å². The van der Waals surface area contributed by atoms with Gasteiger partial charge in [0.2, 0.25) is 5.91 Å². The van der Waals surface area contributed by atoms with Crippen molar-refractivity contribution < 1.29 is 14.3 Å². The third-order valence-electron chi connectivity index (χ3n) is 5.78. The van der Waals surface area contributed by atoms with E-state index in [9.17, 15) is 4.79 Å². The third kappa shape index (κ3) is 4.36. The number of hydrogen-bond donors (Lipinski definition) is 1. The second-order valence-electron chi connectivity index (χ2n) is 7.84. The van der Waals surface area contributed by atoms with E-state index in [4.69, 9.17) is 9.47 Å². The summed E-state index contributed by atoms with van der Waals surface area (Å²) in [5.41, 5.74) is 4.10. The number of hydrogen-bond acceptors (Lipinski definition) is 4. The fourth-order valence-electron chi connectivity index (χ4n) is 4.32. The minimum atomic E-state index is 0.0729. The van der Waals surface area contributed by atoms with Gasteiger partial charge in [0.1, 0.15) is 0 Å². The Morgan fingerprint density at radius 3 is 2.42 bits per heavy atom. The molecule has 3 aromatic rings. The van der Waals surface area contributed by atoms with E-state index in [2.05, 4.69) is 30.4 Å². The maximum absolute atomic E-state index is 13.4. The van der Waals surface area contributed by atoms with Gasteiger partial charge in [0.05, 0.1) is 26.7 Å². The van der Waals surface area contributed by atoms with E-state index in [-0.39, 0.29) is 18.0 Å². The van der Waals surface area contributed by atoms with Gasteiger partial charge >= 0.3 is 0 Å². The van der Waals surface area contributed by atoms with Crippen LogP contribution in [-0.2, 0) is 11.2 Å². The first-order valence-electron chi connectivity index (χ1n) is 10.5. The van der Waals surface area contributed by atoms with Gasteiger partial charge in [-0.1, -0.05) is 42.5 Å². The molecule has 1 amide bonds. The molecule has 0 radical (unpaired) electrons. The van der Waals surface area contributed by atoms with Crippen LogP contribution in [0.4, 0.5) is 11.4 Å². The molecule has 0 unspecified atom stereocenters. The van der Waals surface area contributed by atoms with Crippen LogP contribution in [0.25, 0.3) is 0 Å². The van der Waals surface area contributed by atoms with Crippen molar-refractivity contribution in [3.8, 4) is 11.5 Å². The van der Waals surface area contributed by atoms with Crippen molar-refractivity contribution in [3.63, 3.8) is 0 Å². The predicted molar refractivity (Wildman–Crippen MR) is 124 cm³/mol. The van der Waals surface area contributed by atoms with Crippen molar-refractivity contribution in [1.82, 2.24) is 0 Å². The highest BCUT2D eigenvalue weighted by atomic mass is 16.5. The molecule has 1 N–H and O–H groups in total. The number of anilines is 2. The van der Waals surface area contributed by atoms with Gasteiger partial charge in [-0.25, -0.2) is 0 Å². The van der Waals surface area contributed by atoms with Crippen LogP contribution < -0.4 is 19.7 Å². The fourth-order valence-corrected chi connectivity index (χ4v) is 4.32. The second kappa shape index (κ2) is 9.13. The minimum absolute atomic E-state index is 0.0729. The number of nitrogens with zero attached hydrogens (tertiary/aromatic N) is 1. The average Bonchev–Trinajstić information content (AvgIpc) is 2.79. The predicted octanol–water partition coefficient (Wildman–Crippen LogP) is 5.22. The highest BCUT2D eigenvalue weighted by Crippen LogP contribution is 2.39. The number of rotatable bonds is 6. The van der Waals surface area contributed by atoms with E-state index in [0.29, 0.717) is 17.9 Å². The van der Waals surface area contributed by atoms with Crippen LogP contribution in [0.5, 0.6) is 11.5 Å². The Bertz CT molecular complexity index is 1050. The molecule has 160 valence electrons. The number of carbonyl (C=O) groups excluding carboxylic acids is 1. The number of fused-ring (bicyclic) bond motifs is 1. The molecule has 0 aliphatic carbocycles. The lowest BCUT2D eigenvalue weighted by molar-refractivity contribution is -0.118. The molecule has 4 rings (SSSR count). The zero-order valence-corrected chi connectivity index (χ0v) is 18.2. The first-order valence-corrected chi connectivity index (χ1v) is 10.5. The largest absolute Gasteiger partial charge is 0.493 e. The minimum Gasteiger partial charge on any atom is -0.493 e. The molecule has 0 saturated heterocycles. The summed E-state index contributed by atoms with van der Waals surface area (Å²) in [6.45, 7) is 2.11. The molecule has 5 heteroatoms. The zero-order valence-electron chi connectivity index (χ0n) is 18.2. The van der Waals surface area contributed by atoms with Crippen molar-refractivity contribution in [1.29, 1.82) is 0 Å². The van der Waals surface area contributed by atoms with Crippen LogP contribution in [0, 0.1) is 0 Å². The van der Waals surface area contributed by atoms with Crippen molar-refractivity contribution >= 4 is 17.3 Å². The summed E-state index contributed by atoms with van der Waals surface area (Å²) >= 11 is 0. The Morgan fingerprint density at radius 2 is 1.68 bits per heavy atom. The summed E-state index contributed by atoms with van der Waals surface area (Å²) in [5, 5.41) is 3.64. The van der Waals surface area contributed by atoms with Gasteiger partial charge in [0, 0.05) is 17.4 Å². The van der Waals surface area contributed by atoms with Crippen LogP contribution in [-0.4, -0.2) is 26.2 Å². The summed E-state index contributed by atoms with van der Waals surface area (Å²) in [4.78, 5) is 15.3. The highest BCUT2D eigenvalue weighted by Gasteiger charge is 2.33. The van der Waals surface area contributed by atoms with Gasteiger partial charge in [-0.2, -0.15) is 0 Å². The fraction of sp³-hybridized carbons (Fsp3) is 0.269. The van der Waals surface area contributed by atoms with E-state index in [1.165, 1.54) is 0 Å². The molecule has 0 bridgehead atoms. The number of ether oxygens (including phenoxy) is 2. The van der Waals surface area contributed by atoms with Gasteiger partial charge < -0.3 is 19.7 Å². The maximum Gasteiger partial charge on any atom is 0.231 e. The van der Waals surface area contributed by atoms with Crippen LogP contribution in [0.15, 0.2) is 72.8 Å². The van der Waals surface area contributed by atoms with Crippen molar-refractivity contribution in [2.45, 2.75) is 31.8 Å². The lowest BCUT2D eigenvalue weighted by Gasteiger charge is -2.40. The molecule has 3 aromatic carbocycles. The molecule has 2 atom stereocenters. The number of carbonyl (C=O) groups is 1. The SMILES string of the molecule is COc1ccc(CC(=O)N2c3ccccc3[C@H](Nc3ccccc3)C[C@H]2C)cc1OC. The molecule has 1 aliphatic heterocycles. The quantitative estimate of drug-likeness (QED) is 0.598. The van der Waals surface area contributed by atoms with Crippen molar-refractivity contribution in [2.24, 2.45) is 0 Å². The first-order chi connectivity index (χ1) is 15.1. The number of para-hydroxylation sites is 2. The van der Waals surface area contributed by atoms with Gasteiger partial charge in [0.25, 0.3) is 0 Å². The normalized spacial score (nSPS) is 17.6. The molecular weight excluding hydrogens is 388 g/mol. The molecular formula is C26H28N2O3. The Kier molecular flexibility index (Phi) is 6.12. The monoisotopic (exact) mass is 416 g/mol. The lowest BCUT2D eigenvalue weighted by Crippen LogP contribution is -2.45. The number of nitrogens with one attached hydrogen (secondary N) is 1. The van der Waals surface area contributed by atoms with Gasteiger partial charge in [-0.3, -0.25) is 4.79 Å². The molecule has 0 saturated carbocycles. The summed E-state index contributed by atoms with van der Waals surface area (Å²) in [5.74, 6) is 1.36. The third-order valence-corrected chi connectivity index (χ3v) is 5.78. The Morgan fingerprint density at radius 1 is 0.968 bits per heavy atom. The van der Waals surface area contributed by atoms with Crippen LogP contribution >= 0.6 is 0 Å². The topological polar surface area (TPSA) is 50.8 Å². The Labute approximate surface area is 183 Å². The molecule has 31 heavy (non-hydrogen) atoms. The first kappa shape index (κ1) is 20.8. The van der Waals surface area contributed by atoms with Crippen LogP contribution in [0.2, 0.25) is 0 Å². The molecule has 0 fully saturated rings. The summed E-state index contributed by atoms with van der Waals surface area (Å²) in [6.07, 6.45) is 1.14. The maximum atomic E-state index is 13.4. The average molecular weight is 417 g/mol. The molecule has 5 nitrogen and oxygen atoms in total. The zero-order chi connectivity index (χ0) is 21.8. The molecule has 0 aromatic heterocycles. The van der Waals surface area contributed by atoms with E-state index in [1.54, 1.807) is 14.2 Å². The van der Waals surface area contributed by atoms with Gasteiger partial charge in [-0.05, 0) is 54.8 Å². The van der Waals surface area contributed by atoms with Crippen molar-refractivity contribution in [3.05, 3.63) is 83.9 Å². The smallest absolute Gasteiger partial charge is 0.231 e. The number of benzene rings is 3. The van der Waals surface area contributed by atoms with Crippen LogP contribution in [0.3, 0.4) is 0 Å². The lowest BCUT2D eigenvalue weighted by atomic mass is 9.91. The summed E-state index contributed by atoms with van der Waals surface area (Å²) in [7, 11) is 3.21. The van der Waals surface area contributed by atoms with Crippen LogP contribution in [0.1, 0.15) is 30.5 Å². The Balaban J connectivity index is 1.59. The van der Waals surface area contributed by atoms with Crippen molar-refractivity contribution in [2.75, 3.05) is 24.4 Å². The number of amides is 1. The van der Waals surface area contributed by atoms with Gasteiger partial charge in [0.15, 0.2) is 11.5 Å². The Hall–Kier alpha value is -3.47. The second-order valence-corrected chi connectivity index (χ2v) is 7.84. The standard InChI is InChI=1S/C26H28N2O3/c1-18-15-22(27-20-9-5-4-6-10-20)21-11-7-8-12-23(21)28(18)26(29)17-19-13-14-24(30-2)25(16-19)31-3/h4-14,16,18,22,27H,15,17H2,1-3H3/t18-,22-/m1/s1. The number of methoxy groups -OCH3 is 2. The van der Waals surface area contributed by atoms with E-state index < -0.39 is 0 Å². The molecule has 1 heterocycles. The highest BCUT2D eigenvalue weighted by molar-refractivity contribution is 5.96.